The maximum absolute atomic E-state index is 5.66. The lowest BCUT2D eigenvalue weighted by Crippen LogP contribution is -2.60. The van der Waals surface area contributed by atoms with Crippen molar-refractivity contribution >= 4 is 0 Å². The number of piperazine rings is 1. The molecule has 1 N–H and O–H groups in total. The highest BCUT2D eigenvalue weighted by Gasteiger charge is 2.38. The Morgan fingerprint density at radius 2 is 2.19 bits per heavy atom. The quantitative estimate of drug-likeness (QED) is 0.732. The molecule has 0 aromatic carbocycles. The van der Waals surface area contributed by atoms with Crippen LogP contribution in [0.3, 0.4) is 0 Å². The lowest BCUT2D eigenvalue weighted by atomic mass is 9.93. The zero-order valence-electron chi connectivity index (χ0n) is 10.5. The predicted molar refractivity (Wildman–Crippen MR) is 68.3 cm³/mol. The average molecular weight is 220 g/mol. The molecule has 0 aromatic heterocycles. The number of hydrogen-bond donors (Lipinski definition) is 1. The molecule has 1 heterocycles. The van der Waals surface area contributed by atoms with Gasteiger partial charge in [0.1, 0.15) is 0 Å². The van der Waals surface area contributed by atoms with Crippen LogP contribution in [-0.2, 0) is 0 Å². The first-order chi connectivity index (χ1) is 7.79. The molecule has 0 amide bonds. The molecule has 1 unspecified atom stereocenters. The summed E-state index contributed by atoms with van der Waals surface area (Å²) in [4.78, 5) is 2.53. The second-order valence-electron chi connectivity index (χ2n) is 5.36. The Hall–Kier alpha value is -0.520. The summed E-state index contributed by atoms with van der Waals surface area (Å²) in [6.07, 6.45) is 13.4. The van der Waals surface area contributed by atoms with Crippen LogP contribution in [0.1, 0.15) is 45.4 Å². The Morgan fingerprint density at radius 1 is 1.44 bits per heavy atom. The van der Waals surface area contributed by atoms with E-state index in [1.807, 2.05) is 0 Å². The lowest BCUT2D eigenvalue weighted by Gasteiger charge is -2.43. The standard InChI is InChI=1S/C14H24N2/c1-3-7-13(4-2)16-11-10-15-14(12-16)8-5-6-9-14/h2,13,15H,3,5-12H2,1H3. The molecule has 1 spiro atoms. The van der Waals surface area contributed by atoms with E-state index in [0.29, 0.717) is 11.6 Å². The fraction of sp³-hybridized carbons (Fsp3) is 0.857. The molecule has 1 aliphatic heterocycles. The molecule has 2 rings (SSSR count). The summed E-state index contributed by atoms with van der Waals surface area (Å²) in [5.74, 6) is 2.98. The van der Waals surface area contributed by atoms with Crippen molar-refractivity contribution in [3.63, 3.8) is 0 Å². The second kappa shape index (κ2) is 5.21. The normalized spacial score (nSPS) is 26.8. The Morgan fingerprint density at radius 3 is 2.81 bits per heavy atom. The van der Waals surface area contributed by atoms with E-state index in [-0.39, 0.29) is 0 Å². The molecule has 16 heavy (non-hydrogen) atoms. The van der Waals surface area contributed by atoms with Crippen molar-refractivity contribution in [3.8, 4) is 12.3 Å². The minimum atomic E-state index is 0.365. The van der Waals surface area contributed by atoms with Gasteiger partial charge in [-0.05, 0) is 19.3 Å². The SMILES string of the molecule is C#CC(CCC)N1CCNC2(CCCC2)C1. The summed E-state index contributed by atoms with van der Waals surface area (Å²) in [7, 11) is 0. The van der Waals surface area contributed by atoms with Crippen LogP contribution >= 0.6 is 0 Å². The van der Waals surface area contributed by atoms with Gasteiger partial charge in [0.05, 0.1) is 6.04 Å². The zero-order chi connectivity index (χ0) is 11.4. The van der Waals surface area contributed by atoms with Gasteiger partial charge in [0.15, 0.2) is 0 Å². The Kier molecular flexibility index (Phi) is 3.89. The lowest BCUT2D eigenvalue weighted by molar-refractivity contribution is 0.111. The molecular weight excluding hydrogens is 196 g/mol. The molecular formula is C14H24N2. The highest BCUT2D eigenvalue weighted by Crippen LogP contribution is 2.32. The summed E-state index contributed by atoms with van der Waals surface area (Å²) in [5.41, 5.74) is 0.404. The van der Waals surface area contributed by atoms with Gasteiger partial charge in [-0.2, -0.15) is 0 Å². The fourth-order valence-electron chi connectivity index (χ4n) is 3.29. The molecule has 1 saturated carbocycles. The van der Waals surface area contributed by atoms with E-state index in [1.165, 1.54) is 38.6 Å². The molecule has 1 atom stereocenters. The van der Waals surface area contributed by atoms with Crippen LogP contribution in [0.4, 0.5) is 0 Å². The monoisotopic (exact) mass is 220 g/mol. The van der Waals surface area contributed by atoms with Gasteiger partial charge in [-0.15, -0.1) is 6.42 Å². The van der Waals surface area contributed by atoms with E-state index in [4.69, 9.17) is 6.42 Å². The van der Waals surface area contributed by atoms with E-state index < -0.39 is 0 Å². The van der Waals surface area contributed by atoms with Crippen LogP contribution in [-0.4, -0.2) is 36.1 Å². The third kappa shape index (κ3) is 2.42. The Bertz CT molecular complexity index is 260. The summed E-state index contributed by atoms with van der Waals surface area (Å²) in [6.45, 7) is 5.62. The van der Waals surface area contributed by atoms with Crippen LogP contribution in [0, 0.1) is 12.3 Å². The smallest absolute Gasteiger partial charge is 0.0712 e. The topological polar surface area (TPSA) is 15.3 Å². The summed E-state index contributed by atoms with van der Waals surface area (Å²) >= 11 is 0. The predicted octanol–water partition coefficient (Wildman–Crippen LogP) is 2.01. The van der Waals surface area contributed by atoms with Crippen LogP contribution in [0.5, 0.6) is 0 Å². The van der Waals surface area contributed by atoms with Gasteiger partial charge in [0, 0.05) is 25.2 Å². The van der Waals surface area contributed by atoms with Gasteiger partial charge in [0.2, 0.25) is 0 Å². The van der Waals surface area contributed by atoms with Crippen molar-refractivity contribution in [3.05, 3.63) is 0 Å². The number of nitrogens with one attached hydrogen (secondary N) is 1. The fourth-order valence-corrected chi connectivity index (χ4v) is 3.29. The Balaban J connectivity index is 1.98. The highest BCUT2D eigenvalue weighted by atomic mass is 15.2. The van der Waals surface area contributed by atoms with Gasteiger partial charge in [-0.25, -0.2) is 0 Å². The molecule has 1 saturated heterocycles. The van der Waals surface area contributed by atoms with Crippen molar-refractivity contribution in [2.24, 2.45) is 0 Å². The number of rotatable bonds is 3. The van der Waals surface area contributed by atoms with Gasteiger partial charge < -0.3 is 5.32 Å². The molecule has 90 valence electrons. The van der Waals surface area contributed by atoms with E-state index in [1.54, 1.807) is 0 Å². The van der Waals surface area contributed by atoms with Crippen LogP contribution < -0.4 is 5.32 Å². The minimum Gasteiger partial charge on any atom is -0.309 e. The van der Waals surface area contributed by atoms with Gasteiger partial charge >= 0.3 is 0 Å². The molecule has 0 bridgehead atoms. The number of terminal acetylenes is 1. The van der Waals surface area contributed by atoms with E-state index in [2.05, 4.69) is 23.1 Å². The summed E-state index contributed by atoms with van der Waals surface area (Å²) < 4.78 is 0. The third-order valence-electron chi connectivity index (χ3n) is 4.16. The zero-order valence-corrected chi connectivity index (χ0v) is 10.5. The third-order valence-corrected chi connectivity index (χ3v) is 4.16. The summed E-state index contributed by atoms with van der Waals surface area (Å²) in [6, 6.07) is 0.365. The maximum atomic E-state index is 5.66. The summed E-state index contributed by atoms with van der Waals surface area (Å²) in [5, 5.41) is 3.74. The maximum Gasteiger partial charge on any atom is 0.0712 e. The minimum absolute atomic E-state index is 0.365. The second-order valence-corrected chi connectivity index (χ2v) is 5.36. The first-order valence-corrected chi connectivity index (χ1v) is 6.75. The van der Waals surface area contributed by atoms with Crippen molar-refractivity contribution < 1.29 is 0 Å². The van der Waals surface area contributed by atoms with E-state index in [9.17, 15) is 0 Å². The molecule has 2 fully saturated rings. The largest absolute Gasteiger partial charge is 0.309 e. The molecule has 0 aromatic rings. The number of nitrogens with zero attached hydrogens (tertiary/aromatic N) is 1. The molecule has 2 heteroatoms. The first-order valence-electron chi connectivity index (χ1n) is 6.75. The van der Waals surface area contributed by atoms with Crippen molar-refractivity contribution in [2.75, 3.05) is 19.6 Å². The first kappa shape index (κ1) is 12.0. The van der Waals surface area contributed by atoms with Crippen molar-refractivity contribution in [1.82, 2.24) is 10.2 Å². The van der Waals surface area contributed by atoms with Gasteiger partial charge in [-0.1, -0.05) is 32.1 Å². The van der Waals surface area contributed by atoms with E-state index >= 15 is 0 Å². The molecule has 0 radical (unpaired) electrons. The van der Waals surface area contributed by atoms with E-state index in [0.717, 1.165) is 19.5 Å². The molecule has 1 aliphatic carbocycles. The number of hydrogen-bond acceptors (Lipinski definition) is 2. The van der Waals surface area contributed by atoms with Crippen molar-refractivity contribution in [1.29, 1.82) is 0 Å². The van der Waals surface area contributed by atoms with Gasteiger partial charge in [-0.3, -0.25) is 4.90 Å². The molecule has 2 nitrogen and oxygen atoms in total. The van der Waals surface area contributed by atoms with Crippen LogP contribution in [0.2, 0.25) is 0 Å². The van der Waals surface area contributed by atoms with Gasteiger partial charge in [0.25, 0.3) is 0 Å². The van der Waals surface area contributed by atoms with Crippen molar-refractivity contribution in [2.45, 2.75) is 57.0 Å². The average Bonchev–Trinajstić information content (AvgIpc) is 2.74. The molecule has 2 aliphatic rings. The Labute approximate surface area is 99.8 Å². The highest BCUT2D eigenvalue weighted by molar-refractivity contribution is 5.05. The van der Waals surface area contributed by atoms with Crippen LogP contribution in [0.15, 0.2) is 0 Å². The van der Waals surface area contributed by atoms with Crippen LogP contribution in [0.25, 0.3) is 0 Å².